The second kappa shape index (κ2) is 9.19. The molecule has 0 aliphatic carbocycles. The van der Waals surface area contributed by atoms with Gasteiger partial charge < -0.3 is 15.4 Å². The summed E-state index contributed by atoms with van der Waals surface area (Å²) in [6, 6.07) is -0.0257. The van der Waals surface area contributed by atoms with Crippen LogP contribution in [0.3, 0.4) is 0 Å². The van der Waals surface area contributed by atoms with Crippen LogP contribution in [0.4, 0.5) is 0 Å². The molecule has 0 spiro atoms. The van der Waals surface area contributed by atoms with Crippen molar-refractivity contribution >= 4 is 5.91 Å². The fourth-order valence-electron chi connectivity index (χ4n) is 1.40. The Labute approximate surface area is 105 Å². The summed E-state index contributed by atoms with van der Waals surface area (Å²) in [7, 11) is 0. The van der Waals surface area contributed by atoms with Gasteiger partial charge in [0, 0.05) is 19.2 Å². The lowest BCUT2D eigenvalue weighted by Gasteiger charge is -2.25. The lowest BCUT2D eigenvalue weighted by atomic mass is 10.0. The molecule has 0 saturated heterocycles. The molecule has 0 aromatic heterocycles. The summed E-state index contributed by atoms with van der Waals surface area (Å²) in [6.45, 7) is 13.5. The zero-order valence-electron chi connectivity index (χ0n) is 11.5. The minimum absolute atomic E-state index is 0.00736. The van der Waals surface area contributed by atoms with Gasteiger partial charge in [-0.3, -0.25) is 4.79 Å². The molecule has 0 aromatic carbocycles. The van der Waals surface area contributed by atoms with E-state index in [4.69, 9.17) is 4.74 Å². The van der Waals surface area contributed by atoms with Gasteiger partial charge >= 0.3 is 0 Å². The highest BCUT2D eigenvalue weighted by Crippen LogP contribution is 2.03. The average Bonchev–Trinajstić information content (AvgIpc) is 2.30. The van der Waals surface area contributed by atoms with Gasteiger partial charge in [0.05, 0.1) is 12.6 Å². The average molecular weight is 242 g/mol. The van der Waals surface area contributed by atoms with E-state index in [1.165, 1.54) is 0 Å². The Morgan fingerprint density at radius 2 is 2.06 bits per heavy atom. The number of hydrogen-bond donors (Lipinski definition) is 2. The van der Waals surface area contributed by atoms with Gasteiger partial charge in [-0.1, -0.05) is 19.9 Å². The Kier molecular flexibility index (Phi) is 8.72. The van der Waals surface area contributed by atoms with Crippen LogP contribution in [-0.4, -0.2) is 37.7 Å². The van der Waals surface area contributed by atoms with Crippen LogP contribution in [0, 0.1) is 5.92 Å². The lowest BCUT2D eigenvalue weighted by Crippen LogP contribution is -2.50. The molecule has 4 nitrogen and oxygen atoms in total. The summed E-state index contributed by atoms with van der Waals surface area (Å²) in [5.41, 5.74) is 0. The van der Waals surface area contributed by atoms with Crippen LogP contribution in [0.25, 0.3) is 0 Å². The molecule has 4 heteroatoms. The Balaban J connectivity index is 4.14. The van der Waals surface area contributed by atoms with Crippen LogP contribution < -0.4 is 10.6 Å². The number of carbonyl (C=O) groups excluding carboxylic acids is 1. The van der Waals surface area contributed by atoms with Crippen molar-refractivity contribution in [1.82, 2.24) is 10.6 Å². The van der Waals surface area contributed by atoms with Crippen molar-refractivity contribution in [2.45, 2.75) is 39.8 Å². The molecule has 1 amide bonds. The quantitative estimate of drug-likeness (QED) is 0.600. The molecule has 0 heterocycles. The number of ether oxygens (including phenoxy) is 1. The first-order valence-corrected chi connectivity index (χ1v) is 6.25. The van der Waals surface area contributed by atoms with E-state index in [1.807, 2.05) is 13.8 Å². The maximum atomic E-state index is 11.7. The highest BCUT2D eigenvalue weighted by atomic mass is 16.5. The van der Waals surface area contributed by atoms with Gasteiger partial charge in [0.15, 0.2) is 0 Å². The number of nitrogens with one attached hydrogen (secondary N) is 2. The lowest BCUT2D eigenvalue weighted by molar-refractivity contribution is -0.122. The van der Waals surface area contributed by atoms with Gasteiger partial charge in [0.25, 0.3) is 0 Å². The number of hydrogen-bond acceptors (Lipinski definition) is 3. The molecule has 2 N–H and O–H groups in total. The summed E-state index contributed by atoms with van der Waals surface area (Å²) in [5, 5.41) is 6.06. The molecule has 0 aliphatic rings. The zero-order chi connectivity index (χ0) is 13.3. The number of amides is 1. The van der Waals surface area contributed by atoms with Gasteiger partial charge in [0.1, 0.15) is 0 Å². The monoisotopic (exact) mass is 242 g/mol. The second-order valence-electron chi connectivity index (χ2n) is 4.43. The summed E-state index contributed by atoms with van der Waals surface area (Å²) in [6.07, 6.45) is 1.67. The molecule has 2 atom stereocenters. The fourth-order valence-corrected chi connectivity index (χ4v) is 1.40. The van der Waals surface area contributed by atoms with Crippen LogP contribution in [0.15, 0.2) is 12.7 Å². The second-order valence-corrected chi connectivity index (χ2v) is 4.43. The summed E-state index contributed by atoms with van der Waals surface area (Å²) in [5.74, 6) is 0.420. The van der Waals surface area contributed by atoms with Gasteiger partial charge in [0.2, 0.25) is 5.91 Å². The van der Waals surface area contributed by atoms with Crippen LogP contribution in [0.2, 0.25) is 0 Å². The molecule has 17 heavy (non-hydrogen) atoms. The largest absolute Gasteiger partial charge is 0.380 e. The Hall–Kier alpha value is -0.870. The Morgan fingerprint density at radius 1 is 1.41 bits per heavy atom. The van der Waals surface area contributed by atoms with Crippen molar-refractivity contribution in [3.05, 3.63) is 12.7 Å². The van der Waals surface area contributed by atoms with Crippen molar-refractivity contribution in [1.29, 1.82) is 0 Å². The van der Waals surface area contributed by atoms with E-state index in [2.05, 4.69) is 31.1 Å². The van der Waals surface area contributed by atoms with Crippen molar-refractivity contribution in [3.8, 4) is 0 Å². The normalized spacial score (nSPS) is 14.4. The van der Waals surface area contributed by atoms with Gasteiger partial charge in [-0.25, -0.2) is 0 Å². The highest BCUT2D eigenvalue weighted by molar-refractivity contribution is 5.81. The van der Waals surface area contributed by atoms with Crippen LogP contribution in [0.1, 0.15) is 27.7 Å². The molecule has 0 fully saturated rings. The Bertz CT molecular complexity index is 229. The maximum Gasteiger partial charge on any atom is 0.237 e. The van der Waals surface area contributed by atoms with E-state index in [0.717, 1.165) is 0 Å². The van der Waals surface area contributed by atoms with Crippen molar-refractivity contribution in [2.75, 3.05) is 19.8 Å². The topological polar surface area (TPSA) is 50.4 Å². The third kappa shape index (κ3) is 7.13. The standard InChI is InChI=1S/C13H26N2O2/c1-6-8-14-13(16)11(5)15-12(10(3)4)9-17-7-2/h6,10-12,15H,1,7-9H2,2-5H3,(H,14,16). The van der Waals surface area contributed by atoms with E-state index < -0.39 is 0 Å². The molecule has 100 valence electrons. The molecule has 0 saturated carbocycles. The number of carbonyl (C=O) groups is 1. The third-order valence-corrected chi connectivity index (χ3v) is 2.58. The zero-order valence-corrected chi connectivity index (χ0v) is 11.5. The smallest absolute Gasteiger partial charge is 0.237 e. The molecule has 0 rings (SSSR count). The molecular weight excluding hydrogens is 216 g/mol. The molecule has 0 bridgehead atoms. The summed E-state index contributed by atoms with van der Waals surface area (Å²) >= 11 is 0. The Morgan fingerprint density at radius 3 is 2.53 bits per heavy atom. The summed E-state index contributed by atoms with van der Waals surface area (Å²) in [4.78, 5) is 11.7. The predicted molar refractivity (Wildman–Crippen MR) is 70.9 cm³/mol. The SMILES string of the molecule is C=CCNC(=O)C(C)NC(COCC)C(C)C. The van der Waals surface area contributed by atoms with Crippen molar-refractivity contribution in [2.24, 2.45) is 5.92 Å². The fraction of sp³-hybridized carbons (Fsp3) is 0.769. The number of rotatable bonds is 9. The van der Waals surface area contributed by atoms with E-state index in [1.54, 1.807) is 6.08 Å². The van der Waals surface area contributed by atoms with Crippen LogP contribution in [0.5, 0.6) is 0 Å². The van der Waals surface area contributed by atoms with E-state index in [0.29, 0.717) is 25.7 Å². The van der Waals surface area contributed by atoms with E-state index in [9.17, 15) is 4.79 Å². The van der Waals surface area contributed by atoms with Crippen LogP contribution in [-0.2, 0) is 9.53 Å². The summed E-state index contributed by atoms with van der Waals surface area (Å²) < 4.78 is 5.41. The molecule has 0 radical (unpaired) electrons. The predicted octanol–water partition coefficient (Wildman–Crippen LogP) is 1.33. The first kappa shape index (κ1) is 16.1. The van der Waals surface area contributed by atoms with Gasteiger partial charge in [-0.2, -0.15) is 0 Å². The van der Waals surface area contributed by atoms with Crippen LogP contribution >= 0.6 is 0 Å². The molecule has 0 aromatic rings. The van der Waals surface area contributed by atoms with E-state index in [-0.39, 0.29) is 18.0 Å². The first-order valence-electron chi connectivity index (χ1n) is 6.25. The molecular formula is C13H26N2O2. The molecule has 2 unspecified atom stereocenters. The van der Waals surface area contributed by atoms with Crippen molar-refractivity contribution < 1.29 is 9.53 Å². The highest BCUT2D eigenvalue weighted by Gasteiger charge is 2.19. The van der Waals surface area contributed by atoms with Gasteiger partial charge in [-0.05, 0) is 19.8 Å². The van der Waals surface area contributed by atoms with E-state index >= 15 is 0 Å². The van der Waals surface area contributed by atoms with Gasteiger partial charge in [-0.15, -0.1) is 6.58 Å². The first-order chi connectivity index (χ1) is 8.02. The molecule has 0 aliphatic heterocycles. The minimum Gasteiger partial charge on any atom is -0.380 e. The van der Waals surface area contributed by atoms with Crippen molar-refractivity contribution in [3.63, 3.8) is 0 Å². The minimum atomic E-state index is -0.220. The maximum absolute atomic E-state index is 11.7. The third-order valence-electron chi connectivity index (χ3n) is 2.58.